The van der Waals surface area contributed by atoms with Crippen molar-refractivity contribution in [3.63, 3.8) is 0 Å². The van der Waals surface area contributed by atoms with Gasteiger partial charge in [-0.25, -0.2) is 4.79 Å². The van der Waals surface area contributed by atoms with E-state index in [1.54, 1.807) is 0 Å². The molecule has 3 atom stereocenters. The monoisotopic (exact) mass is 344 g/mol. The fraction of sp³-hybridized carbons (Fsp3) is 0.667. The van der Waals surface area contributed by atoms with Gasteiger partial charge in [0.15, 0.2) is 0 Å². The molecule has 4 nitrogen and oxygen atoms in total. The van der Waals surface area contributed by atoms with Crippen LogP contribution < -0.4 is 10.6 Å². The van der Waals surface area contributed by atoms with Crippen LogP contribution in [-0.2, 0) is 17.7 Å². The molecule has 0 saturated heterocycles. The first-order chi connectivity index (χ1) is 11.9. The summed E-state index contributed by atoms with van der Waals surface area (Å²) in [5, 5.41) is 6.56. The minimum absolute atomic E-state index is 0.348. The Morgan fingerprint density at radius 3 is 2.60 bits per heavy atom. The lowest BCUT2D eigenvalue weighted by Gasteiger charge is -2.22. The molecule has 0 aliphatic heterocycles. The molecule has 1 amide bonds. The standard InChI is InChI=1S/C21H32N2O2/c1-21(2,3)25-20(24)22-12-11-15-7-9-16(10-8-15)14-23-19-6-4-5-17-13-18(17)19/h7-10,17-19,23H,4-6,11-14H2,1-3H3,(H,22,24). The number of ether oxygens (including phenoxy) is 1. The second-order valence-corrected chi connectivity index (χ2v) is 8.57. The molecule has 0 bridgehead atoms. The molecule has 1 aromatic carbocycles. The first kappa shape index (κ1) is 18.2. The third-order valence-corrected chi connectivity index (χ3v) is 5.26. The second-order valence-electron chi connectivity index (χ2n) is 8.57. The summed E-state index contributed by atoms with van der Waals surface area (Å²) in [6, 6.07) is 9.45. The molecule has 2 aliphatic rings. The largest absolute Gasteiger partial charge is 0.444 e. The Labute approximate surface area is 151 Å². The molecular weight excluding hydrogens is 312 g/mol. The number of rotatable bonds is 6. The predicted molar refractivity (Wildman–Crippen MR) is 100 cm³/mol. The van der Waals surface area contributed by atoms with E-state index in [1.165, 1.54) is 36.8 Å². The molecule has 138 valence electrons. The van der Waals surface area contributed by atoms with E-state index in [9.17, 15) is 4.79 Å². The van der Waals surface area contributed by atoms with E-state index in [-0.39, 0.29) is 6.09 Å². The molecule has 0 aromatic heterocycles. The minimum atomic E-state index is -0.447. The van der Waals surface area contributed by atoms with Gasteiger partial charge in [0, 0.05) is 19.1 Å². The van der Waals surface area contributed by atoms with Crippen LogP contribution >= 0.6 is 0 Å². The zero-order valence-corrected chi connectivity index (χ0v) is 15.8. The average molecular weight is 344 g/mol. The summed E-state index contributed by atoms with van der Waals surface area (Å²) in [6.07, 6.45) is 6.10. The lowest BCUT2D eigenvalue weighted by molar-refractivity contribution is 0.0528. The normalized spacial score (nSPS) is 25.2. The van der Waals surface area contributed by atoms with Crippen LogP contribution in [0, 0.1) is 11.8 Å². The van der Waals surface area contributed by atoms with Crippen LogP contribution in [0.2, 0.25) is 0 Å². The molecule has 4 heteroatoms. The SMILES string of the molecule is CC(C)(C)OC(=O)NCCc1ccc(CNC2CCCC3CC32)cc1. The highest BCUT2D eigenvalue weighted by molar-refractivity contribution is 5.67. The molecule has 3 unspecified atom stereocenters. The van der Waals surface area contributed by atoms with Crippen molar-refractivity contribution in [3.05, 3.63) is 35.4 Å². The van der Waals surface area contributed by atoms with Crippen LogP contribution in [0.3, 0.4) is 0 Å². The number of alkyl carbamates (subject to hydrolysis) is 1. The van der Waals surface area contributed by atoms with Gasteiger partial charge in [0.05, 0.1) is 0 Å². The molecule has 2 saturated carbocycles. The van der Waals surface area contributed by atoms with E-state index in [1.807, 2.05) is 20.8 Å². The van der Waals surface area contributed by atoms with Crippen molar-refractivity contribution in [3.8, 4) is 0 Å². The molecule has 0 spiro atoms. The maximum atomic E-state index is 11.6. The molecule has 3 rings (SSSR count). The van der Waals surface area contributed by atoms with E-state index in [0.717, 1.165) is 30.8 Å². The van der Waals surface area contributed by atoms with Crippen molar-refractivity contribution in [1.29, 1.82) is 0 Å². The number of carbonyl (C=O) groups is 1. The zero-order chi connectivity index (χ0) is 17.9. The zero-order valence-electron chi connectivity index (χ0n) is 15.8. The fourth-order valence-electron chi connectivity index (χ4n) is 3.86. The molecule has 25 heavy (non-hydrogen) atoms. The molecule has 2 fully saturated rings. The number of nitrogens with one attached hydrogen (secondary N) is 2. The summed E-state index contributed by atoms with van der Waals surface area (Å²) in [6.45, 7) is 7.17. The Kier molecular flexibility index (Phi) is 5.67. The van der Waals surface area contributed by atoms with E-state index < -0.39 is 5.60 Å². The summed E-state index contributed by atoms with van der Waals surface area (Å²) in [5.41, 5.74) is 2.13. The molecule has 0 radical (unpaired) electrons. The quantitative estimate of drug-likeness (QED) is 0.819. The Balaban J connectivity index is 1.36. The topological polar surface area (TPSA) is 50.4 Å². The number of benzene rings is 1. The Morgan fingerprint density at radius 1 is 1.16 bits per heavy atom. The molecule has 2 N–H and O–H groups in total. The number of carbonyl (C=O) groups excluding carboxylic acids is 1. The van der Waals surface area contributed by atoms with Crippen molar-refractivity contribution in [2.75, 3.05) is 6.54 Å². The summed E-state index contributed by atoms with van der Waals surface area (Å²) >= 11 is 0. The van der Waals surface area contributed by atoms with Crippen molar-refractivity contribution in [2.24, 2.45) is 11.8 Å². The van der Waals surface area contributed by atoms with Gasteiger partial charge in [-0.1, -0.05) is 37.1 Å². The summed E-state index contributed by atoms with van der Waals surface area (Å²) < 4.78 is 5.24. The van der Waals surface area contributed by atoms with Crippen LogP contribution in [0.25, 0.3) is 0 Å². The van der Waals surface area contributed by atoms with Gasteiger partial charge in [-0.2, -0.15) is 0 Å². The first-order valence-corrected chi connectivity index (χ1v) is 9.69. The highest BCUT2D eigenvalue weighted by Gasteiger charge is 2.44. The molecule has 2 aliphatic carbocycles. The maximum absolute atomic E-state index is 11.6. The van der Waals surface area contributed by atoms with Gasteiger partial charge >= 0.3 is 6.09 Å². The molecular formula is C21H32N2O2. The summed E-state index contributed by atoms with van der Waals surface area (Å²) in [7, 11) is 0. The highest BCUT2D eigenvalue weighted by atomic mass is 16.6. The lowest BCUT2D eigenvalue weighted by Crippen LogP contribution is -2.33. The van der Waals surface area contributed by atoms with Gasteiger partial charge in [-0.15, -0.1) is 0 Å². The van der Waals surface area contributed by atoms with Crippen LogP contribution in [0.5, 0.6) is 0 Å². The van der Waals surface area contributed by atoms with Gasteiger partial charge in [0.2, 0.25) is 0 Å². The van der Waals surface area contributed by atoms with E-state index in [4.69, 9.17) is 4.74 Å². The van der Waals surface area contributed by atoms with Gasteiger partial charge in [-0.05, 0) is 63.0 Å². The van der Waals surface area contributed by atoms with Crippen molar-refractivity contribution < 1.29 is 9.53 Å². The van der Waals surface area contributed by atoms with Gasteiger partial charge < -0.3 is 15.4 Å². The van der Waals surface area contributed by atoms with Crippen molar-refractivity contribution in [2.45, 2.75) is 71.1 Å². The van der Waals surface area contributed by atoms with Crippen molar-refractivity contribution >= 4 is 6.09 Å². The Hall–Kier alpha value is -1.55. The van der Waals surface area contributed by atoms with Crippen molar-refractivity contribution in [1.82, 2.24) is 10.6 Å². The maximum Gasteiger partial charge on any atom is 0.407 e. The number of amides is 1. The Morgan fingerprint density at radius 2 is 1.88 bits per heavy atom. The van der Waals surface area contributed by atoms with E-state index in [2.05, 4.69) is 34.9 Å². The molecule has 1 aromatic rings. The highest BCUT2D eigenvalue weighted by Crippen LogP contribution is 2.49. The van der Waals surface area contributed by atoms with Crippen LogP contribution in [-0.4, -0.2) is 24.3 Å². The number of fused-ring (bicyclic) bond motifs is 1. The van der Waals surface area contributed by atoms with Crippen LogP contribution in [0.15, 0.2) is 24.3 Å². The van der Waals surface area contributed by atoms with Gasteiger partial charge in [0.1, 0.15) is 5.60 Å². The third kappa shape index (κ3) is 5.74. The predicted octanol–water partition coefficient (Wildman–Crippen LogP) is 4.03. The third-order valence-electron chi connectivity index (χ3n) is 5.26. The van der Waals surface area contributed by atoms with Crippen LogP contribution in [0.4, 0.5) is 4.79 Å². The van der Waals surface area contributed by atoms with E-state index >= 15 is 0 Å². The average Bonchev–Trinajstić information content (AvgIpc) is 3.32. The summed E-state index contributed by atoms with van der Waals surface area (Å²) in [4.78, 5) is 11.6. The first-order valence-electron chi connectivity index (χ1n) is 9.69. The number of hydrogen-bond donors (Lipinski definition) is 2. The Bertz CT molecular complexity index is 577. The smallest absolute Gasteiger partial charge is 0.407 e. The van der Waals surface area contributed by atoms with Gasteiger partial charge in [-0.3, -0.25) is 0 Å². The number of hydrogen-bond acceptors (Lipinski definition) is 3. The summed E-state index contributed by atoms with van der Waals surface area (Å²) in [5.74, 6) is 1.97. The fourth-order valence-corrected chi connectivity index (χ4v) is 3.86. The second kappa shape index (κ2) is 7.77. The van der Waals surface area contributed by atoms with Crippen LogP contribution in [0.1, 0.15) is 57.6 Å². The lowest BCUT2D eigenvalue weighted by atomic mass is 9.95. The van der Waals surface area contributed by atoms with Gasteiger partial charge in [0.25, 0.3) is 0 Å². The minimum Gasteiger partial charge on any atom is -0.444 e. The van der Waals surface area contributed by atoms with E-state index in [0.29, 0.717) is 6.54 Å². The molecule has 0 heterocycles.